The fraction of sp³-hybridized carbons (Fsp3) is 0.556. The molecule has 1 saturated heterocycles. The van der Waals surface area contributed by atoms with Crippen LogP contribution >= 0.6 is 0 Å². The Kier molecular flexibility index (Phi) is 2.71. The van der Waals surface area contributed by atoms with Crippen LogP contribution in [-0.2, 0) is 0 Å². The monoisotopic (exact) mass is 152 g/mol. The van der Waals surface area contributed by atoms with Crippen molar-refractivity contribution < 1.29 is 0 Å². The summed E-state index contributed by atoms with van der Waals surface area (Å²) in [5, 5.41) is 3.28. The van der Waals surface area contributed by atoms with Crippen LogP contribution in [0.2, 0.25) is 0 Å². The maximum atomic E-state index is 5.84. The summed E-state index contributed by atoms with van der Waals surface area (Å²) in [7, 11) is 0. The number of nitrogens with two attached hydrogens (primary N) is 1. The molecular weight excluding hydrogens is 136 g/mol. The molecule has 11 heavy (non-hydrogen) atoms. The van der Waals surface area contributed by atoms with E-state index < -0.39 is 0 Å². The molecule has 0 bridgehead atoms. The number of hydrogen-bond donors (Lipinski definition) is 2. The Hall–Kier alpha value is -0.760. The molecule has 1 rings (SSSR count). The third-order valence-electron chi connectivity index (χ3n) is 1.94. The maximum absolute atomic E-state index is 5.84. The fourth-order valence-corrected chi connectivity index (χ4v) is 1.34. The van der Waals surface area contributed by atoms with Gasteiger partial charge in [0.1, 0.15) is 0 Å². The van der Waals surface area contributed by atoms with Crippen LogP contribution in [0, 0.1) is 5.92 Å². The number of rotatable bonds is 2. The van der Waals surface area contributed by atoms with Crippen LogP contribution in [-0.4, -0.2) is 13.1 Å². The van der Waals surface area contributed by atoms with E-state index in [2.05, 4.69) is 11.9 Å². The Balaban J connectivity index is 2.51. The number of allylic oxidation sites excluding steroid dienone is 2. The lowest BCUT2D eigenvalue weighted by molar-refractivity contribution is 0.672. The van der Waals surface area contributed by atoms with Crippen molar-refractivity contribution in [2.45, 2.75) is 13.3 Å². The van der Waals surface area contributed by atoms with Gasteiger partial charge in [0.25, 0.3) is 0 Å². The van der Waals surface area contributed by atoms with E-state index in [1.165, 1.54) is 0 Å². The lowest BCUT2D eigenvalue weighted by atomic mass is 10.0. The molecular formula is C9H16N2. The first-order valence-corrected chi connectivity index (χ1v) is 4.03. The Labute approximate surface area is 68.2 Å². The molecule has 0 spiro atoms. The first-order valence-electron chi connectivity index (χ1n) is 4.03. The molecule has 1 unspecified atom stereocenters. The molecule has 1 atom stereocenters. The van der Waals surface area contributed by atoms with Gasteiger partial charge in [-0.3, -0.25) is 0 Å². The summed E-state index contributed by atoms with van der Waals surface area (Å²) in [6.45, 7) is 7.87. The maximum Gasteiger partial charge on any atom is 0.0128 e. The minimum atomic E-state index is 0.534. The van der Waals surface area contributed by atoms with E-state index in [0.717, 1.165) is 30.8 Å². The van der Waals surface area contributed by atoms with Crippen molar-refractivity contribution in [1.82, 2.24) is 5.32 Å². The Morgan fingerprint density at radius 3 is 2.91 bits per heavy atom. The van der Waals surface area contributed by atoms with Gasteiger partial charge in [0, 0.05) is 18.2 Å². The smallest absolute Gasteiger partial charge is 0.0128 e. The molecule has 0 aromatic carbocycles. The Morgan fingerprint density at radius 2 is 2.45 bits per heavy atom. The van der Waals surface area contributed by atoms with E-state index in [9.17, 15) is 0 Å². The number of hydrogen-bond acceptors (Lipinski definition) is 2. The molecule has 1 heterocycles. The van der Waals surface area contributed by atoms with Gasteiger partial charge in [-0.25, -0.2) is 0 Å². The molecule has 1 aliphatic rings. The van der Waals surface area contributed by atoms with Crippen LogP contribution in [0.4, 0.5) is 0 Å². The van der Waals surface area contributed by atoms with Gasteiger partial charge in [-0.1, -0.05) is 12.2 Å². The minimum Gasteiger partial charge on any atom is -0.402 e. The molecule has 2 nitrogen and oxygen atoms in total. The third-order valence-corrected chi connectivity index (χ3v) is 1.94. The van der Waals surface area contributed by atoms with Crippen molar-refractivity contribution in [1.29, 1.82) is 0 Å². The van der Waals surface area contributed by atoms with Gasteiger partial charge in [-0.2, -0.15) is 0 Å². The standard InChI is InChI=1S/C9H16N2/c1-7(2)5-9(10)8-3-4-11-6-8/h5,8,11H,1,3-4,6,10H2,2H3/b9-5-. The van der Waals surface area contributed by atoms with Gasteiger partial charge < -0.3 is 11.1 Å². The first kappa shape index (κ1) is 8.34. The molecule has 0 radical (unpaired) electrons. The highest BCUT2D eigenvalue weighted by atomic mass is 14.9. The second kappa shape index (κ2) is 3.58. The molecule has 0 amide bonds. The molecule has 0 saturated carbocycles. The minimum absolute atomic E-state index is 0.534. The SMILES string of the molecule is C=C(C)/C=C(\N)C1CCNC1. The van der Waals surface area contributed by atoms with Crippen molar-refractivity contribution in [3.05, 3.63) is 23.9 Å². The van der Waals surface area contributed by atoms with Crippen molar-refractivity contribution in [2.24, 2.45) is 11.7 Å². The summed E-state index contributed by atoms with van der Waals surface area (Å²) in [5.74, 6) is 0.534. The van der Waals surface area contributed by atoms with Crippen molar-refractivity contribution in [3.63, 3.8) is 0 Å². The summed E-state index contributed by atoms with van der Waals surface area (Å²) >= 11 is 0. The van der Waals surface area contributed by atoms with Crippen LogP contribution in [0.15, 0.2) is 23.9 Å². The normalized spacial score (nSPS) is 25.5. The highest BCUT2D eigenvalue weighted by Gasteiger charge is 2.15. The molecule has 1 aliphatic heterocycles. The van der Waals surface area contributed by atoms with E-state index >= 15 is 0 Å². The van der Waals surface area contributed by atoms with Crippen LogP contribution < -0.4 is 11.1 Å². The van der Waals surface area contributed by atoms with Crippen LogP contribution in [0.1, 0.15) is 13.3 Å². The Morgan fingerprint density at radius 1 is 1.73 bits per heavy atom. The summed E-state index contributed by atoms with van der Waals surface area (Å²) in [4.78, 5) is 0. The topological polar surface area (TPSA) is 38.0 Å². The van der Waals surface area contributed by atoms with E-state index in [1.807, 2.05) is 13.0 Å². The van der Waals surface area contributed by atoms with E-state index in [4.69, 9.17) is 5.73 Å². The molecule has 0 aliphatic carbocycles. The predicted octanol–water partition coefficient (Wildman–Crippen LogP) is 1.01. The summed E-state index contributed by atoms with van der Waals surface area (Å²) < 4.78 is 0. The van der Waals surface area contributed by atoms with Gasteiger partial charge in [-0.05, 0) is 26.0 Å². The average Bonchev–Trinajstić information content (AvgIpc) is 2.35. The molecule has 0 aromatic heterocycles. The van der Waals surface area contributed by atoms with Crippen molar-refractivity contribution in [2.75, 3.05) is 13.1 Å². The molecule has 0 aromatic rings. The summed E-state index contributed by atoms with van der Waals surface area (Å²) in [5.41, 5.74) is 7.85. The highest BCUT2D eigenvalue weighted by molar-refractivity contribution is 5.19. The van der Waals surface area contributed by atoms with Crippen molar-refractivity contribution >= 4 is 0 Å². The Bertz CT molecular complexity index is 176. The lowest BCUT2D eigenvalue weighted by Crippen LogP contribution is -2.15. The quantitative estimate of drug-likeness (QED) is 0.580. The van der Waals surface area contributed by atoms with Gasteiger partial charge in [0.15, 0.2) is 0 Å². The van der Waals surface area contributed by atoms with Crippen LogP contribution in [0.5, 0.6) is 0 Å². The third kappa shape index (κ3) is 2.39. The highest BCUT2D eigenvalue weighted by Crippen LogP contribution is 2.14. The zero-order valence-corrected chi connectivity index (χ0v) is 7.06. The van der Waals surface area contributed by atoms with Gasteiger partial charge >= 0.3 is 0 Å². The lowest BCUT2D eigenvalue weighted by Gasteiger charge is -2.07. The molecule has 3 N–H and O–H groups in total. The van der Waals surface area contributed by atoms with Crippen LogP contribution in [0.25, 0.3) is 0 Å². The average molecular weight is 152 g/mol. The van der Waals surface area contributed by atoms with Gasteiger partial charge in [0.05, 0.1) is 0 Å². The summed E-state index contributed by atoms with van der Waals surface area (Å²) in [6.07, 6.45) is 3.13. The van der Waals surface area contributed by atoms with Gasteiger partial charge in [0.2, 0.25) is 0 Å². The van der Waals surface area contributed by atoms with Crippen molar-refractivity contribution in [3.8, 4) is 0 Å². The summed E-state index contributed by atoms with van der Waals surface area (Å²) in [6, 6.07) is 0. The zero-order valence-electron chi connectivity index (χ0n) is 7.06. The van der Waals surface area contributed by atoms with E-state index in [1.54, 1.807) is 0 Å². The largest absolute Gasteiger partial charge is 0.402 e. The van der Waals surface area contributed by atoms with E-state index in [0.29, 0.717) is 5.92 Å². The van der Waals surface area contributed by atoms with E-state index in [-0.39, 0.29) is 0 Å². The molecule has 62 valence electrons. The first-order chi connectivity index (χ1) is 5.20. The second-order valence-corrected chi connectivity index (χ2v) is 3.18. The molecule has 1 fully saturated rings. The van der Waals surface area contributed by atoms with Crippen LogP contribution in [0.3, 0.4) is 0 Å². The van der Waals surface area contributed by atoms with Gasteiger partial charge in [-0.15, -0.1) is 0 Å². The molecule has 2 heteroatoms. The zero-order chi connectivity index (χ0) is 8.27. The fourth-order valence-electron chi connectivity index (χ4n) is 1.34. The number of nitrogens with one attached hydrogen (secondary N) is 1. The predicted molar refractivity (Wildman–Crippen MR) is 48.1 cm³/mol. The second-order valence-electron chi connectivity index (χ2n) is 3.18.